The van der Waals surface area contributed by atoms with Crippen LogP contribution in [0.3, 0.4) is 0 Å². The molecule has 0 amide bonds. The van der Waals surface area contributed by atoms with Gasteiger partial charge in [0.25, 0.3) is 5.95 Å². The number of hydrogen-bond donors (Lipinski definition) is 1. The molecule has 0 aliphatic rings. The molecule has 0 atom stereocenters. The van der Waals surface area contributed by atoms with Gasteiger partial charge in [0, 0.05) is 7.05 Å². The van der Waals surface area contributed by atoms with Gasteiger partial charge in [0.2, 0.25) is 0 Å². The first kappa shape index (κ1) is 5.87. The summed E-state index contributed by atoms with van der Waals surface area (Å²) in [5.41, 5.74) is 0. The van der Waals surface area contributed by atoms with Gasteiger partial charge in [-0.25, -0.2) is 0 Å². The predicted molar refractivity (Wildman–Crippen MR) is 31.9 cm³/mol. The molecule has 0 aliphatic carbocycles. The van der Waals surface area contributed by atoms with Crippen LogP contribution in [0.1, 0.15) is 5.82 Å². The van der Waals surface area contributed by atoms with E-state index in [9.17, 15) is 0 Å². The molecule has 1 N–H and O–H groups in total. The maximum Gasteiger partial charge on any atom is 0.261 e. The summed E-state index contributed by atoms with van der Waals surface area (Å²) in [5.74, 6) is 1.02. The first-order chi connectivity index (χ1) is 4.33. The summed E-state index contributed by atoms with van der Waals surface area (Å²) in [5, 5.41) is 17.4. The van der Waals surface area contributed by atoms with E-state index in [1.807, 2.05) is 0 Å². The summed E-state index contributed by atoms with van der Waals surface area (Å²) < 4.78 is 0. The zero-order valence-corrected chi connectivity index (χ0v) is 5.29. The average molecular weight is 125 g/mol. The molecule has 0 fully saturated rings. The van der Waals surface area contributed by atoms with E-state index in [0.29, 0.717) is 11.8 Å². The quantitative estimate of drug-likeness (QED) is 0.554. The minimum absolute atomic E-state index is 0.445. The summed E-state index contributed by atoms with van der Waals surface area (Å²) in [6, 6.07) is 0. The third kappa shape index (κ3) is 1.31. The van der Waals surface area contributed by atoms with Crippen LogP contribution in [0.15, 0.2) is 0 Å². The fourth-order valence-electron chi connectivity index (χ4n) is 0.379. The van der Waals surface area contributed by atoms with Gasteiger partial charge in [-0.2, -0.15) is 0 Å². The lowest BCUT2D eigenvalue weighted by molar-refractivity contribution is 0.814. The average Bonchev–Trinajstić information content (AvgIpc) is 1.90. The van der Waals surface area contributed by atoms with Gasteiger partial charge in [0.05, 0.1) is 0 Å². The molecule has 1 rings (SSSR count). The Kier molecular flexibility index (Phi) is 1.53. The van der Waals surface area contributed by atoms with Crippen LogP contribution >= 0.6 is 0 Å². The summed E-state index contributed by atoms with van der Waals surface area (Å²) in [4.78, 5) is 0. The highest BCUT2D eigenvalue weighted by Gasteiger charge is 1.90. The molecule has 0 unspecified atom stereocenters. The van der Waals surface area contributed by atoms with Gasteiger partial charge in [-0.05, 0) is 6.92 Å². The van der Waals surface area contributed by atoms with E-state index in [0.717, 1.165) is 0 Å². The molecule has 48 valence electrons. The van der Waals surface area contributed by atoms with E-state index in [-0.39, 0.29) is 0 Å². The maximum absolute atomic E-state index is 3.66. The van der Waals surface area contributed by atoms with Crippen molar-refractivity contribution in [2.45, 2.75) is 6.92 Å². The van der Waals surface area contributed by atoms with Gasteiger partial charge < -0.3 is 5.32 Å². The van der Waals surface area contributed by atoms with E-state index in [1.165, 1.54) is 0 Å². The van der Waals surface area contributed by atoms with Crippen molar-refractivity contribution < 1.29 is 0 Å². The fourth-order valence-corrected chi connectivity index (χ4v) is 0.379. The molecule has 1 aromatic heterocycles. The second kappa shape index (κ2) is 2.34. The standard InChI is InChI=1S/C4H7N5/c1-3-6-8-4(5-2)9-7-3/h1-2H3,(H,5,8,9). The van der Waals surface area contributed by atoms with Gasteiger partial charge in [-0.15, -0.1) is 20.4 Å². The maximum atomic E-state index is 3.66. The smallest absolute Gasteiger partial charge is 0.261 e. The van der Waals surface area contributed by atoms with Crippen LogP contribution in [0.25, 0.3) is 0 Å². The second-order valence-corrected chi connectivity index (χ2v) is 1.52. The number of aryl methyl sites for hydroxylation is 1. The molecular weight excluding hydrogens is 118 g/mol. The molecule has 0 spiro atoms. The first-order valence-corrected chi connectivity index (χ1v) is 2.54. The highest BCUT2D eigenvalue weighted by Crippen LogP contribution is 1.86. The summed E-state index contributed by atoms with van der Waals surface area (Å²) in [7, 11) is 1.72. The number of rotatable bonds is 1. The molecule has 0 saturated heterocycles. The lowest BCUT2D eigenvalue weighted by atomic mass is 10.8. The number of anilines is 1. The zero-order chi connectivity index (χ0) is 6.69. The lowest BCUT2D eigenvalue weighted by Crippen LogP contribution is -2.01. The summed E-state index contributed by atoms with van der Waals surface area (Å²) >= 11 is 0. The van der Waals surface area contributed by atoms with E-state index >= 15 is 0 Å². The van der Waals surface area contributed by atoms with Gasteiger partial charge >= 0.3 is 0 Å². The SMILES string of the molecule is CNc1nnc(C)nn1. The Labute approximate surface area is 52.5 Å². The minimum Gasteiger partial charge on any atom is -0.355 e. The van der Waals surface area contributed by atoms with E-state index in [1.54, 1.807) is 14.0 Å². The molecule has 5 heteroatoms. The van der Waals surface area contributed by atoms with E-state index < -0.39 is 0 Å². The Morgan fingerprint density at radius 3 is 2.11 bits per heavy atom. The van der Waals surface area contributed by atoms with Gasteiger partial charge in [-0.3, -0.25) is 0 Å². The Hall–Kier alpha value is -1.26. The van der Waals surface area contributed by atoms with Gasteiger partial charge in [0.15, 0.2) is 5.82 Å². The summed E-state index contributed by atoms with van der Waals surface area (Å²) in [6.07, 6.45) is 0. The lowest BCUT2D eigenvalue weighted by Gasteiger charge is -1.92. The Morgan fingerprint density at radius 1 is 1.11 bits per heavy atom. The van der Waals surface area contributed by atoms with Crippen LogP contribution in [-0.4, -0.2) is 27.4 Å². The second-order valence-electron chi connectivity index (χ2n) is 1.52. The highest BCUT2D eigenvalue weighted by atomic mass is 15.3. The molecule has 0 aromatic carbocycles. The van der Waals surface area contributed by atoms with Crippen molar-refractivity contribution in [3.63, 3.8) is 0 Å². The van der Waals surface area contributed by atoms with Crippen molar-refractivity contribution in [3.8, 4) is 0 Å². The molecule has 0 aliphatic heterocycles. The van der Waals surface area contributed by atoms with Crippen LogP contribution in [0.5, 0.6) is 0 Å². The minimum atomic E-state index is 0.445. The first-order valence-electron chi connectivity index (χ1n) is 2.54. The van der Waals surface area contributed by atoms with Crippen molar-refractivity contribution >= 4 is 5.95 Å². The third-order valence-electron chi connectivity index (χ3n) is 0.802. The molecule has 0 bridgehead atoms. The van der Waals surface area contributed by atoms with E-state index in [4.69, 9.17) is 0 Å². The van der Waals surface area contributed by atoms with Gasteiger partial charge in [-0.1, -0.05) is 0 Å². The third-order valence-corrected chi connectivity index (χ3v) is 0.802. The van der Waals surface area contributed by atoms with Crippen LogP contribution in [0.2, 0.25) is 0 Å². The van der Waals surface area contributed by atoms with Crippen molar-refractivity contribution in [1.82, 2.24) is 20.4 Å². The van der Waals surface area contributed by atoms with Crippen LogP contribution < -0.4 is 5.32 Å². The molecule has 9 heavy (non-hydrogen) atoms. The zero-order valence-electron chi connectivity index (χ0n) is 5.29. The van der Waals surface area contributed by atoms with Crippen LogP contribution in [0, 0.1) is 6.92 Å². The predicted octanol–water partition coefficient (Wildman–Crippen LogP) is -0.383. The fraction of sp³-hybridized carbons (Fsp3) is 0.500. The van der Waals surface area contributed by atoms with E-state index in [2.05, 4.69) is 25.7 Å². The number of hydrogen-bond acceptors (Lipinski definition) is 5. The number of nitrogens with zero attached hydrogens (tertiary/aromatic N) is 4. The number of aromatic nitrogens is 4. The van der Waals surface area contributed by atoms with Crippen molar-refractivity contribution in [2.24, 2.45) is 0 Å². The Balaban J connectivity index is 2.88. The molecular formula is C4H7N5. The van der Waals surface area contributed by atoms with Crippen molar-refractivity contribution in [3.05, 3.63) is 5.82 Å². The molecule has 1 heterocycles. The van der Waals surface area contributed by atoms with Crippen LogP contribution in [-0.2, 0) is 0 Å². The normalized spacial score (nSPS) is 9.11. The Morgan fingerprint density at radius 2 is 1.67 bits per heavy atom. The van der Waals surface area contributed by atoms with Crippen molar-refractivity contribution in [2.75, 3.05) is 12.4 Å². The molecule has 1 aromatic rings. The van der Waals surface area contributed by atoms with Gasteiger partial charge in [0.1, 0.15) is 0 Å². The van der Waals surface area contributed by atoms with Crippen molar-refractivity contribution in [1.29, 1.82) is 0 Å². The largest absolute Gasteiger partial charge is 0.355 e. The molecule has 5 nitrogen and oxygen atoms in total. The molecule has 0 radical (unpaired) electrons. The highest BCUT2D eigenvalue weighted by molar-refractivity contribution is 5.16. The molecule has 0 saturated carbocycles. The number of nitrogens with one attached hydrogen (secondary N) is 1. The van der Waals surface area contributed by atoms with Crippen LogP contribution in [0.4, 0.5) is 5.95 Å². The monoisotopic (exact) mass is 125 g/mol. The summed E-state index contributed by atoms with van der Waals surface area (Å²) in [6.45, 7) is 1.74. The topological polar surface area (TPSA) is 63.6 Å². The Bertz CT molecular complexity index is 181.